The third-order valence-electron chi connectivity index (χ3n) is 5.73. The van der Waals surface area contributed by atoms with Crippen molar-refractivity contribution >= 4 is 0 Å². The fraction of sp³-hybridized carbons (Fsp3) is 0.120. The number of nitrogens with zero attached hydrogens (tertiary/aromatic N) is 1. The van der Waals surface area contributed by atoms with Gasteiger partial charge in [-0.25, -0.2) is 0 Å². The summed E-state index contributed by atoms with van der Waals surface area (Å²) in [5, 5.41) is 0. The molecule has 3 nitrogen and oxygen atoms in total. The minimum Gasteiger partial charge on any atom is -0.454 e. The van der Waals surface area contributed by atoms with E-state index in [1.54, 1.807) is 0 Å². The van der Waals surface area contributed by atoms with E-state index in [4.69, 9.17) is 9.47 Å². The number of hydrogen-bond acceptors (Lipinski definition) is 2. The normalized spacial score (nSPS) is 13.9. The zero-order chi connectivity index (χ0) is 18.5. The molecule has 0 fully saturated rings. The molecule has 0 aliphatic carbocycles. The van der Waals surface area contributed by atoms with E-state index in [0.717, 1.165) is 30.0 Å². The van der Waals surface area contributed by atoms with Crippen molar-refractivity contribution in [1.29, 1.82) is 0 Å². The molecule has 0 amide bonds. The lowest BCUT2D eigenvalue weighted by molar-refractivity contribution is 0.174. The molecule has 3 aromatic carbocycles. The molecule has 2 aliphatic heterocycles. The van der Waals surface area contributed by atoms with Crippen LogP contribution < -0.4 is 9.47 Å². The van der Waals surface area contributed by atoms with Crippen LogP contribution in [0, 0.1) is 0 Å². The predicted octanol–water partition coefficient (Wildman–Crippen LogP) is 5.77. The predicted molar refractivity (Wildman–Crippen MR) is 111 cm³/mol. The molecule has 3 heterocycles. The van der Waals surface area contributed by atoms with Gasteiger partial charge in [-0.15, -0.1) is 0 Å². The fourth-order valence-corrected chi connectivity index (χ4v) is 4.41. The molecule has 4 aromatic rings. The van der Waals surface area contributed by atoms with E-state index in [1.807, 2.05) is 6.07 Å². The highest BCUT2D eigenvalue weighted by Gasteiger charge is 2.25. The third-order valence-corrected chi connectivity index (χ3v) is 5.73. The van der Waals surface area contributed by atoms with Crippen molar-refractivity contribution in [2.24, 2.45) is 0 Å². The maximum absolute atomic E-state index is 5.64. The Hall–Kier alpha value is -3.46. The Kier molecular flexibility index (Phi) is 3.36. The summed E-state index contributed by atoms with van der Waals surface area (Å²) in [6.07, 6.45) is 1.05. The van der Waals surface area contributed by atoms with Gasteiger partial charge in [-0.05, 0) is 41.3 Å². The van der Waals surface area contributed by atoms with E-state index in [1.165, 1.54) is 33.6 Å². The van der Waals surface area contributed by atoms with Gasteiger partial charge in [0.25, 0.3) is 0 Å². The maximum atomic E-state index is 5.64. The topological polar surface area (TPSA) is 23.4 Å². The van der Waals surface area contributed by atoms with Gasteiger partial charge in [0.15, 0.2) is 11.5 Å². The molecule has 3 heteroatoms. The van der Waals surface area contributed by atoms with Gasteiger partial charge in [0, 0.05) is 23.4 Å². The van der Waals surface area contributed by atoms with Crippen LogP contribution in [0.25, 0.3) is 33.6 Å². The van der Waals surface area contributed by atoms with Gasteiger partial charge >= 0.3 is 0 Å². The highest BCUT2D eigenvalue weighted by molar-refractivity contribution is 5.89. The summed E-state index contributed by atoms with van der Waals surface area (Å²) in [7, 11) is 0. The van der Waals surface area contributed by atoms with E-state index in [9.17, 15) is 0 Å². The van der Waals surface area contributed by atoms with Gasteiger partial charge in [-0.2, -0.15) is 0 Å². The molecular formula is C25H19NO2. The van der Waals surface area contributed by atoms with Crippen LogP contribution in [-0.2, 0) is 13.0 Å². The lowest BCUT2D eigenvalue weighted by Crippen LogP contribution is -2.11. The van der Waals surface area contributed by atoms with Gasteiger partial charge < -0.3 is 14.0 Å². The molecule has 0 bridgehead atoms. The van der Waals surface area contributed by atoms with Gasteiger partial charge in [-0.1, -0.05) is 60.7 Å². The monoisotopic (exact) mass is 365 g/mol. The van der Waals surface area contributed by atoms with Crippen molar-refractivity contribution < 1.29 is 9.47 Å². The lowest BCUT2D eigenvalue weighted by atomic mass is 9.94. The summed E-state index contributed by atoms with van der Waals surface area (Å²) in [5.74, 6) is 1.64. The first-order chi connectivity index (χ1) is 13.9. The highest BCUT2D eigenvalue weighted by atomic mass is 16.7. The minimum atomic E-state index is 0.296. The molecular weight excluding hydrogens is 346 g/mol. The minimum absolute atomic E-state index is 0.296. The Labute approximate surface area is 163 Å². The summed E-state index contributed by atoms with van der Waals surface area (Å²) in [5.41, 5.74) is 8.93. The maximum Gasteiger partial charge on any atom is 0.231 e. The first-order valence-electron chi connectivity index (χ1n) is 9.66. The second kappa shape index (κ2) is 6.03. The largest absolute Gasteiger partial charge is 0.454 e. The molecule has 0 unspecified atom stereocenters. The Morgan fingerprint density at radius 3 is 2.43 bits per heavy atom. The van der Waals surface area contributed by atoms with Crippen LogP contribution in [-0.4, -0.2) is 11.4 Å². The molecule has 6 rings (SSSR count). The average Bonchev–Trinajstić information content (AvgIpc) is 3.38. The summed E-state index contributed by atoms with van der Waals surface area (Å²) >= 11 is 0. The van der Waals surface area contributed by atoms with Crippen molar-refractivity contribution in [2.75, 3.05) is 6.79 Å². The number of aryl methyl sites for hydroxylation is 1. The Morgan fingerprint density at radius 2 is 1.50 bits per heavy atom. The average molecular weight is 365 g/mol. The molecule has 0 atom stereocenters. The van der Waals surface area contributed by atoms with Gasteiger partial charge in [0.05, 0.1) is 5.69 Å². The Balaban J connectivity index is 1.62. The summed E-state index contributed by atoms with van der Waals surface area (Å²) in [6.45, 7) is 1.28. The molecule has 0 spiro atoms. The van der Waals surface area contributed by atoms with Gasteiger partial charge in [0.1, 0.15) is 0 Å². The summed E-state index contributed by atoms with van der Waals surface area (Å²) in [6, 6.07) is 28.0. The fourth-order valence-electron chi connectivity index (χ4n) is 4.41. The summed E-state index contributed by atoms with van der Waals surface area (Å²) < 4.78 is 13.6. The second-order valence-electron chi connectivity index (χ2n) is 7.28. The van der Waals surface area contributed by atoms with E-state index in [0.29, 0.717) is 6.79 Å². The first-order valence-corrected chi connectivity index (χ1v) is 9.66. The van der Waals surface area contributed by atoms with Crippen molar-refractivity contribution in [3.8, 4) is 45.1 Å². The molecule has 28 heavy (non-hydrogen) atoms. The van der Waals surface area contributed by atoms with Crippen LogP contribution in [0.2, 0.25) is 0 Å². The zero-order valence-electron chi connectivity index (χ0n) is 15.4. The van der Waals surface area contributed by atoms with Crippen LogP contribution in [0.15, 0.2) is 78.9 Å². The Bertz CT molecular complexity index is 1190. The molecule has 1 aromatic heterocycles. The van der Waals surface area contributed by atoms with Crippen molar-refractivity contribution in [2.45, 2.75) is 13.0 Å². The molecule has 0 saturated carbocycles. The first kappa shape index (κ1) is 15.6. The van der Waals surface area contributed by atoms with Crippen LogP contribution >= 0.6 is 0 Å². The van der Waals surface area contributed by atoms with Crippen molar-refractivity contribution in [3.05, 3.63) is 84.4 Å². The van der Waals surface area contributed by atoms with Gasteiger partial charge in [-0.3, -0.25) is 0 Å². The van der Waals surface area contributed by atoms with Gasteiger partial charge in [0.2, 0.25) is 6.79 Å². The smallest absolute Gasteiger partial charge is 0.231 e. The van der Waals surface area contributed by atoms with E-state index < -0.39 is 0 Å². The van der Waals surface area contributed by atoms with Crippen molar-refractivity contribution in [3.63, 3.8) is 0 Å². The van der Waals surface area contributed by atoms with E-state index >= 15 is 0 Å². The van der Waals surface area contributed by atoms with Crippen LogP contribution in [0.4, 0.5) is 0 Å². The molecule has 0 N–H and O–H groups in total. The summed E-state index contributed by atoms with van der Waals surface area (Å²) in [4.78, 5) is 0. The number of benzene rings is 3. The molecule has 2 aliphatic rings. The van der Waals surface area contributed by atoms with Crippen LogP contribution in [0.3, 0.4) is 0 Å². The molecule has 0 radical (unpaired) electrons. The second-order valence-corrected chi connectivity index (χ2v) is 7.28. The third kappa shape index (κ3) is 2.29. The number of hydrogen-bond donors (Lipinski definition) is 0. The Morgan fingerprint density at radius 1 is 0.679 bits per heavy atom. The number of fused-ring (bicyclic) bond motifs is 4. The van der Waals surface area contributed by atoms with Crippen molar-refractivity contribution in [1.82, 2.24) is 4.57 Å². The molecule has 0 saturated heterocycles. The van der Waals surface area contributed by atoms with E-state index in [-0.39, 0.29) is 0 Å². The molecule has 136 valence electrons. The lowest BCUT2D eigenvalue weighted by Gasteiger charge is -2.22. The van der Waals surface area contributed by atoms with Crippen LogP contribution in [0.5, 0.6) is 11.5 Å². The van der Waals surface area contributed by atoms with E-state index in [2.05, 4.69) is 77.4 Å². The number of ether oxygens (including phenoxy) is 2. The van der Waals surface area contributed by atoms with Crippen LogP contribution in [0.1, 0.15) is 5.56 Å². The number of rotatable bonds is 2. The number of aromatic nitrogens is 1. The highest BCUT2D eigenvalue weighted by Crippen LogP contribution is 2.45. The zero-order valence-corrected chi connectivity index (χ0v) is 15.4. The quantitative estimate of drug-likeness (QED) is 0.450. The SMILES string of the molecule is c1ccc(-c2cc(-c3ccc4c(c3)OCO4)c3n2CCc2ccccc2-3)cc1. The standard InChI is InChI=1S/C25H19NO2/c1-2-7-18(8-3-1)22-15-21(19-10-11-23-24(14-19)28-16-27-23)25-20-9-5-4-6-17(20)12-13-26(22)25/h1-11,14-15H,12-13,16H2.